The maximum absolute atomic E-state index is 11.6. The van der Waals surface area contributed by atoms with E-state index in [4.69, 9.17) is 4.74 Å². The summed E-state index contributed by atoms with van der Waals surface area (Å²) < 4.78 is 4.79. The molecule has 0 aromatic heterocycles. The maximum Gasteiger partial charge on any atom is 0.410 e. The summed E-state index contributed by atoms with van der Waals surface area (Å²) in [4.78, 5) is 13.3. The highest BCUT2D eigenvalue weighted by Crippen LogP contribution is 2.14. The Morgan fingerprint density at radius 3 is 2.89 bits per heavy atom. The number of rotatable bonds is 2. The number of carbonyl (C=O) groups is 1. The predicted octanol–water partition coefficient (Wildman–Crippen LogP) is 3.10. The average molecular weight is 243 g/mol. The molecule has 0 fully saturated rings. The van der Waals surface area contributed by atoms with Crippen LogP contribution in [0.4, 0.5) is 4.79 Å². The van der Waals surface area contributed by atoms with Crippen LogP contribution in [0.1, 0.15) is 12.0 Å². The number of nitrogens with zero attached hydrogens (tertiary/aromatic N) is 1. The smallest absolute Gasteiger partial charge is 0.410 e. The molecule has 0 saturated heterocycles. The first kappa shape index (κ1) is 12.4. The van der Waals surface area contributed by atoms with Crippen molar-refractivity contribution in [2.24, 2.45) is 0 Å². The molecular formula is C15H17NO2. The molecular weight excluding hydrogens is 226 g/mol. The number of amides is 1. The van der Waals surface area contributed by atoms with Gasteiger partial charge in [-0.3, -0.25) is 4.90 Å². The summed E-state index contributed by atoms with van der Waals surface area (Å²) in [7, 11) is 1.42. The lowest BCUT2D eigenvalue weighted by Crippen LogP contribution is -2.40. The van der Waals surface area contributed by atoms with E-state index in [9.17, 15) is 4.79 Å². The molecule has 0 N–H and O–H groups in total. The van der Waals surface area contributed by atoms with Gasteiger partial charge >= 0.3 is 6.09 Å². The standard InChI is InChI=1S/C15H17NO2/c1-18-15(17)16-12-6-5-9-14(16)11-10-13-7-3-2-4-8-13/h2-5,7-11,14H,6,12H2,1H3/b11-10+/t14-/m1/s1. The minimum Gasteiger partial charge on any atom is -0.453 e. The van der Waals surface area contributed by atoms with E-state index in [2.05, 4.69) is 6.08 Å². The molecule has 1 aliphatic heterocycles. The molecule has 3 heteroatoms. The van der Waals surface area contributed by atoms with Crippen molar-refractivity contribution in [3.05, 3.63) is 54.1 Å². The zero-order valence-corrected chi connectivity index (χ0v) is 10.5. The lowest BCUT2D eigenvalue weighted by atomic mass is 10.1. The quantitative estimate of drug-likeness (QED) is 0.747. The molecule has 0 saturated carbocycles. The van der Waals surface area contributed by atoms with Gasteiger partial charge in [-0.1, -0.05) is 54.6 Å². The van der Waals surface area contributed by atoms with Gasteiger partial charge in [-0.2, -0.15) is 0 Å². The van der Waals surface area contributed by atoms with Gasteiger partial charge in [0.2, 0.25) is 0 Å². The lowest BCUT2D eigenvalue weighted by molar-refractivity contribution is 0.119. The van der Waals surface area contributed by atoms with Gasteiger partial charge in [0.05, 0.1) is 13.2 Å². The number of carbonyl (C=O) groups excluding carboxylic acids is 1. The van der Waals surface area contributed by atoms with Crippen molar-refractivity contribution in [3.63, 3.8) is 0 Å². The fourth-order valence-corrected chi connectivity index (χ4v) is 1.97. The highest BCUT2D eigenvalue weighted by Gasteiger charge is 2.21. The average Bonchev–Trinajstić information content (AvgIpc) is 2.45. The molecule has 3 nitrogen and oxygen atoms in total. The van der Waals surface area contributed by atoms with E-state index in [1.807, 2.05) is 48.6 Å². The molecule has 0 radical (unpaired) electrons. The molecule has 0 unspecified atom stereocenters. The van der Waals surface area contributed by atoms with Crippen molar-refractivity contribution >= 4 is 12.2 Å². The van der Waals surface area contributed by atoms with Crippen molar-refractivity contribution in [2.75, 3.05) is 13.7 Å². The second kappa shape index (κ2) is 6.05. The second-order valence-electron chi connectivity index (χ2n) is 4.14. The summed E-state index contributed by atoms with van der Waals surface area (Å²) in [5.41, 5.74) is 1.13. The lowest BCUT2D eigenvalue weighted by Gasteiger charge is -2.28. The molecule has 1 amide bonds. The highest BCUT2D eigenvalue weighted by molar-refractivity contribution is 5.69. The predicted molar refractivity (Wildman–Crippen MR) is 72.1 cm³/mol. The molecule has 0 spiro atoms. The summed E-state index contributed by atoms with van der Waals surface area (Å²) in [5.74, 6) is 0. The Hall–Kier alpha value is -2.03. The van der Waals surface area contributed by atoms with Crippen LogP contribution in [0.5, 0.6) is 0 Å². The Morgan fingerprint density at radius 2 is 2.17 bits per heavy atom. The fourth-order valence-electron chi connectivity index (χ4n) is 1.97. The van der Waals surface area contributed by atoms with E-state index >= 15 is 0 Å². The molecule has 1 atom stereocenters. The third kappa shape index (κ3) is 3.00. The van der Waals surface area contributed by atoms with Crippen molar-refractivity contribution in [1.29, 1.82) is 0 Å². The molecule has 18 heavy (non-hydrogen) atoms. The third-order valence-electron chi connectivity index (χ3n) is 2.92. The summed E-state index contributed by atoms with van der Waals surface area (Å²) >= 11 is 0. The van der Waals surface area contributed by atoms with Gasteiger partial charge < -0.3 is 4.74 Å². The number of hydrogen-bond acceptors (Lipinski definition) is 2. The van der Waals surface area contributed by atoms with E-state index in [0.29, 0.717) is 6.54 Å². The van der Waals surface area contributed by atoms with Crippen LogP contribution in [-0.4, -0.2) is 30.7 Å². The minimum atomic E-state index is -0.276. The Kier molecular flexibility index (Phi) is 4.18. The number of benzene rings is 1. The van der Waals surface area contributed by atoms with E-state index in [1.54, 1.807) is 4.90 Å². The maximum atomic E-state index is 11.6. The monoisotopic (exact) mass is 243 g/mol. The molecule has 1 aromatic rings. The van der Waals surface area contributed by atoms with Crippen LogP contribution >= 0.6 is 0 Å². The molecule has 0 bridgehead atoms. The van der Waals surface area contributed by atoms with Gasteiger partial charge in [0.25, 0.3) is 0 Å². The molecule has 2 rings (SSSR count). The Morgan fingerprint density at radius 1 is 1.39 bits per heavy atom. The molecule has 0 aliphatic carbocycles. The van der Waals surface area contributed by atoms with E-state index in [-0.39, 0.29) is 12.1 Å². The molecule has 1 aromatic carbocycles. The molecule has 94 valence electrons. The van der Waals surface area contributed by atoms with Crippen molar-refractivity contribution in [1.82, 2.24) is 4.90 Å². The van der Waals surface area contributed by atoms with Crippen LogP contribution in [0.2, 0.25) is 0 Å². The first-order valence-corrected chi connectivity index (χ1v) is 6.06. The van der Waals surface area contributed by atoms with Gasteiger partial charge in [-0.15, -0.1) is 0 Å². The van der Waals surface area contributed by atoms with Gasteiger partial charge in [0.1, 0.15) is 0 Å². The first-order chi connectivity index (χ1) is 8.81. The Balaban J connectivity index is 2.10. The number of ether oxygens (including phenoxy) is 1. The van der Waals surface area contributed by atoms with E-state index in [0.717, 1.165) is 12.0 Å². The summed E-state index contributed by atoms with van der Waals surface area (Å²) in [6.07, 6.45) is 8.77. The van der Waals surface area contributed by atoms with E-state index < -0.39 is 0 Å². The summed E-state index contributed by atoms with van der Waals surface area (Å²) in [5, 5.41) is 0. The van der Waals surface area contributed by atoms with Gasteiger partial charge in [-0.05, 0) is 12.0 Å². The third-order valence-corrected chi connectivity index (χ3v) is 2.92. The zero-order valence-electron chi connectivity index (χ0n) is 10.5. The van der Waals surface area contributed by atoms with Gasteiger partial charge in [0.15, 0.2) is 0 Å². The fraction of sp³-hybridized carbons (Fsp3) is 0.267. The second-order valence-corrected chi connectivity index (χ2v) is 4.14. The Labute approximate surface area is 107 Å². The largest absolute Gasteiger partial charge is 0.453 e. The molecule has 1 heterocycles. The van der Waals surface area contributed by atoms with Crippen molar-refractivity contribution in [2.45, 2.75) is 12.5 Å². The number of methoxy groups -OCH3 is 1. The number of hydrogen-bond donors (Lipinski definition) is 0. The van der Waals surface area contributed by atoms with Crippen LogP contribution in [0.15, 0.2) is 48.6 Å². The van der Waals surface area contributed by atoms with E-state index in [1.165, 1.54) is 7.11 Å². The summed E-state index contributed by atoms with van der Waals surface area (Å²) in [6, 6.07) is 10.0. The zero-order chi connectivity index (χ0) is 12.8. The Bertz CT molecular complexity index is 451. The van der Waals surface area contributed by atoms with Crippen LogP contribution in [0.3, 0.4) is 0 Å². The van der Waals surface area contributed by atoms with Crippen LogP contribution < -0.4 is 0 Å². The minimum absolute atomic E-state index is 0.0218. The first-order valence-electron chi connectivity index (χ1n) is 6.06. The highest BCUT2D eigenvalue weighted by atomic mass is 16.5. The summed E-state index contributed by atoms with van der Waals surface area (Å²) in [6.45, 7) is 0.701. The molecule has 1 aliphatic rings. The normalized spacial score (nSPS) is 19.2. The van der Waals surface area contributed by atoms with Gasteiger partial charge in [0, 0.05) is 6.54 Å². The van der Waals surface area contributed by atoms with Crippen LogP contribution in [-0.2, 0) is 4.74 Å². The van der Waals surface area contributed by atoms with Crippen LogP contribution in [0, 0.1) is 0 Å². The topological polar surface area (TPSA) is 29.5 Å². The van der Waals surface area contributed by atoms with Crippen LogP contribution in [0.25, 0.3) is 6.08 Å². The SMILES string of the molecule is COC(=O)N1CCC=C[C@@H]1/C=C/c1ccccc1. The van der Waals surface area contributed by atoms with Crippen molar-refractivity contribution in [3.8, 4) is 0 Å². The van der Waals surface area contributed by atoms with Crippen molar-refractivity contribution < 1.29 is 9.53 Å². The van der Waals surface area contributed by atoms with Gasteiger partial charge in [-0.25, -0.2) is 4.79 Å².